The molecule has 3 rings (SSSR count). The molecule has 0 saturated heterocycles. The third kappa shape index (κ3) is 4.43. The number of nitrogens with one attached hydrogen (secondary N) is 3. The number of H-pyrrole nitrogens is 1. The Morgan fingerprint density at radius 2 is 2.00 bits per heavy atom. The largest absolute Gasteiger partial charge is 0.361 e. The first-order valence-corrected chi connectivity index (χ1v) is 9.96. The van der Waals surface area contributed by atoms with Gasteiger partial charge in [0.2, 0.25) is 0 Å². The number of aliphatic imine (C=N–C) groups is 1. The summed E-state index contributed by atoms with van der Waals surface area (Å²) in [7, 11) is 1.81. The minimum absolute atomic E-state index is 0.833. The van der Waals surface area contributed by atoms with E-state index in [2.05, 4.69) is 63.8 Å². The van der Waals surface area contributed by atoms with Crippen molar-refractivity contribution in [3.8, 4) is 0 Å². The van der Waals surface area contributed by atoms with Crippen LogP contribution >= 0.6 is 11.3 Å². The molecular formula is C20H27N5S. The van der Waals surface area contributed by atoms with Gasteiger partial charge in [-0.05, 0) is 30.9 Å². The predicted molar refractivity (Wildman–Crippen MR) is 111 cm³/mol. The highest BCUT2D eigenvalue weighted by Crippen LogP contribution is 2.22. The minimum atomic E-state index is 0.833. The van der Waals surface area contributed by atoms with Crippen molar-refractivity contribution in [3.63, 3.8) is 0 Å². The highest BCUT2D eigenvalue weighted by Gasteiger charge is 2.07. The van der Waals surface area contributed by atoms with Crippen molar-refractivity contribution in [2.24, 2.45) is 4.99 Å². The fourth-order valence-corrected chi connectivity index (χ4v) is 3.90. The molecule has 0 spiro atoms. The number of hydrogen-bond donors (Lipinski definition) is 3. The van der Waals surface area contributed by atoms with Crippen LogP contribution in [0.3, 0.4) is 0 Å². The van der Waals surface area contributed by atoms with Gasteiger partial charge in [-0.15, -0.1) is 11.3 Å². The van der Waals surface area contributed by atoms with Gasteiger partial charge in [0.25, 0.3) is 0 Å². The number of rotatable bonds is 7. The molecule has 0 aliphatic rings. The number of aryl methyl sites for hydroxylation is 2. The van der Waals surface area contributed by atoms with Gasteiger partial charge in [0.15, 0.2) is 5.96 Å². The summed E-state index contributed by atoms with van der Waals surface area (Å²) in [5.41, 5.74) is 3.99. The maximum Gasteiger partial charge on any atom is 0.191 e. The molecule has 26 heavy (non-hydrogen) atoms. The second kappa shape index (κ2) is 8.85. The van der Waals surface area contributed by atoms with E-state index in [9.17, 15) is 0 Å². The normalized spacial score (nSPS) is 11.9. The molecule has 0 aliphatic carbocycles. The molecule has 0 atom stereocenters. The first-order chi connectivity index (χ1) is 12.7. The second-order valence-electron chi connectivity index (χ2n) is 6.30. The number of para-hydroxylation sites is 1. The molecule has 3 N–H and O–H groups in total. The van der Waals surface area contributed by atoms with Crippen LogP contribution in [0.2, 0.25) is 0 Å². The summed E-state index contributed by atoms with van der Waals surface area (Å²) in [6.07, 6.45) is 6.98. The van der Waals surface area contributed by atoms with Crippen molar-refractivity contribution in [2.75, 3.05) is 20.1 Å². The van der Waals surface area contributed by atoms with Crippen molar-refractivity contribution >= 4 is 28.2 Å². The van der Waals surface area contributed by atoms with Gasteiger partial charge in [-0.1, -0.05) is 25.1 Å². The lowest BCUT2D eigenvalue weighted by Crippen LogP contribution is -2.39. The van der Waals surface area contributed by atoms with Gasteiger partial charge in [-0.3, -0.25) is 4.99 Å². The Bertz CT molecular complexity index is 877. The van der Waals surface area contributed by atoms with E-state index in [0.717, 1.165) is 43.3 Å². The number of aromatic nitrogens is 2. The van der Waals surface area contributed by atoms with Crippen LogP contribution in [0.15, 0.2) is 35.6 Å². The van der Waals surface area contributed by atoms with Crippen molar-refractivity contribution in [1.29, 1.82) is 0 Å². The number of benzene rings is 1. The van der Waals surface area contributed by atoms with E-state index in [1.54, 1.807) is 11.3 Å². The Morgan fingerprint density at radius 1 is 1.19 bits per heavy atom. The summed E-state index contributed by atoms with van der Waals surface area (Å²) in [5, 5.41) is 9.25. The highest BCUT2D eigenvalue weighted by atomic mass is 32.1. The number of thiazole rings is 1. The smallest absolute Gasteiger partial charge is 0.191 e. The van der Waals surface area contributed by atoms with Crippen molar-refractivity contribution in [3.05, 3.63) is 51.6 Å². The van der Waals surface area contributed by atoms with Crippen LogP contribution in [0, 0.1) is 6.92 Å². The second-order valence-corrected chi connectivity index (χ2v) is 7.62. The molecule has 0 unspecified atom stereocenters. The average Bonchev–Trinajstić information content (AvgIpc) is 3.26. The van der Waals surface area contributed by atoms with Crippen LogP contribution in [-0.4, -0.2) is 36.1 Å². The zero-order valence-electron chi connectivity index (χ0n) is 15.7. The van der Waals surface area contributed by atoms with E-state index < -0.39 is 0 Å². The maximum absolute atomic E-state index is 4.39. The molecule has 2 aromatic heterocycles. The Kier molecular flexibility index (Phi) is 6.28. The Hall–Kier alpha value is -2.34. The van der Waals surface area contributed by atoms with Crippen LogP contribution in [0.25, 0.3) is 10.9 Å². The summed E-state index contributed by atoms with van der Waals surface area (Å²) < 4.78 is 0. The van der Waals surface area contributed by atoms with E-state index in [0.29, 0.717) is 0 Å². The standard InChI is InChI=1S/C20H27N5S/c1-4-15-6-5-7-17-16(13-25-19(15)17)8-10-22-20(21-3)23-11-9-18-24-12-14(2)26-18/h5-7,12-13,25H,4,8-11H2,1-3H3,(H2,21,22,23). The Morgan fingerprint density at radius 3 is 2.69 bits per heavy atom. The van der Waals surface area contributed by atoms with Crippen molar-refractivity contribution in [2.45, 2.75) is 33.1 Å². The van der Waals surface area contributed by atoms with Gasteiger partial charge in [-0.25, -0.2) is 4.98 Å². The first kappa shape index (κ1) is 18.5. The number of aromatic amines is 1. The van der Waals surface area contributed by atoms with Crippen molar-refractivity contribution < 1.29 is 0 Å². The van der Waals surface area contributed by atoms with E-state index >= 15 is 0 Å². The maximum atomic E-state index is 4.39. The molecule has 3 aromatic rings. The molecule has 5 nitrogen and oxygen atoms in total. The Balaban J connectivity index is 1.48. The summed E-state index contributed by atoms with van der Waals surface area (Å²) in [6, 6.07) is 6.53. The number of nitrogens with zero attached hydrogens (tertiary/aromatic N) is 2. The highest BCUT2D eigenvalue weighted by molar-refractivity contribution is 7.11. The van der Waals surface area contributed by atoms with Gasteiger partial charge in [-0.2, -0.15) is 0 Å². The summed E-state index contributed by atoms with van der Waals surface area (Å²) in [4.78, 5) is 13.4. The number of fused-ring (bicyclic) bond motifs is 1. The van der Waals surface area contributed by atoms with Gasteiger partial charge in [0.1, 0.15) is 0 Å². The lowest BCUT2D eigenvalue weighted by atomic mass is 10.1. The van der Waals surface area contributed by atoms with Crippen LogP contribution in [0.5, 0.6) is 0 Å². The molecule has 0 saturated carbocycles. The molecule has 0 amide bonds. The molecular weight excluding hydrogens is 342 g/mol. The van der Waals surface area contributed by atoms with Crippen LogP contribution in [0.1, 0.15) is 27.9 Å². The monoisotopic (exact) mass is 369 g/mol. The van der Waals surface area contributed by atoms with Gasteiger partial charge >= 0.3 is 0 Å². The molecule has 1 aromatic carbocycles. The molecule has 6 heteroatoms. The van der Waals surface area contributed by atoms with Gasteiger partial charge in [0, 0.05) is 54.7 Å². The lowest BCUT2D eigenvalue weighted by Gasteiger charge is -2.11. The lowest BCUT2D eigenvalue weighted by molar-refractivity contribution is 0.783. The van der Waals surface area contributed by atoms with Crippen LogP contribution < -0.4 is 10.6 Å². The molecule has 0 fully saturated rings. The molecule has 138 valence electrons. The molecule has 0 bridgehead atoms. The average molecular weight is 370 g/mol. The Labute approximate surface area is 159 Å². The summed E-state index contributed by atoms with van der Waals surface area (Å²) >= 11 is 1.75. The van der Waals surface area contributed by atoms with E-state index in [4.69, 9.17) is 0 Å². The number of guanidine groups is 1. The topological polar surface area (TPSA) is 65.1 Å². The fourth-order valence-electron chi connectivity index (χ4n) is 3.12. The zero-order valence-corrected chi connectivity index (χ0v) is 16.5. The van der Waals surface area contributed by atoms with E-state index in [1.807, 2.05) is 13.2 Å². The summed E-state index contributed by atoms with van der Waals surface area (Å²) in [6.45, 7) is 5.96. The van der Waals surface area contributed by atoms with E-state index in [-0.39, 0.29) is 0 Å². The molecule has 0 aliphatic heterocycles. The third-order valence-corrected chi connectivity index (χ3v) is 5.45. The third-order valence-electron chi connectivity index (χ3n) is 4.48. The van der Waals surface area contributed by atoms with Crippen molar-refractivity contribution in [1.82, 2.24) is 20.6 Å². The first-order valence-electron chi connectivity index (χ1n) is 9.15. The number of hydrogen-bond acceptors (Lipinski definition) is 3. The van der Waals surface area contributed by atoms with E-state index in [1.165, 1.54) is 26.9 Å². The van der Waals surface area contributed by atoms with Crippen LogP contribution in [0.4, 0.5) is 0 Å². The van der Waals surface area contributed by atoms with Crippen LogP contribution in [-0.2, 0) is 19.3 Å². The summed E-state index contributed by atoms with van der Waals surface area (Å²) in [5.74, 6) is 0.840. The SMILES string of the molecule is CCc1cccc2c(CCNC(=NC)NCCc3ncc(C)s3)c[nH]c12. The predicted octanol–water partition coefficient (Wildman–Crippen LogP) is 3.45. The van der Waals surface area contributed by atoms with Gasteiger partial charge < -0.3 is 15.6 Å². The van der Waals surface area contributed by atoms with Gasteiger partial charge in [0.05, 0.1) is 5.01 Å². The zero-order chi connectivity index (χ0) is 18.4. The fraction of sp³-hybridized carbons (Fsp3) is 0.400. The minimum Gasteiger partial charge on any atom is -0.361 e. The molecule has 2 heterocycles. The molecule has 0 radical (unpaired) electrons. The quantitative estimate of drug-likeness (QED) is 0.441.